The fraction of sp³-hybridized carbons (Fsp3) is 0.0588. The predicted octanol–water partition coefficient (Wildman–Crippen LogP) is 4.35. The number of rotatable bonds is 1. The Labute approximate surface area is 115 Å². The van der Waals surface area contributed by atoms with E-state index in [0.29, 0.717) is 0 Å². The summed E-state index contributed by atoms with van der Waals surface area (Å²) in [4.78, 5) is 8.78. The minimum absolute atomic E-state index is 0.749. The van der Waals surface area contributed by atoms with Crippen molar-refractivity contribution in [1.82, 2.24) is 9.97 Å². The van der Waals surface area contributed by atoms with Crippen molar-refractivity contribution in [2.24, 2.45) is 0 Å². The molecule has 3 heteroatoms. The molecule has 0 N–H and O–H groups in total. The van der Waals surface area contributed by atoms with Crippen LogP contribution in [0, 0.1) is 6.92 Å². The number of furan rings is 1. The van der Waals surface area contributed by atoms with Crippen LogP contribution in [0.25, 0.3) is 33.3 Å². The normalized spacial score (nSPS) is 11.2. The Bertz CT molecular complexity index is 924. The zero-order chi connectivity index (χ0) is 13.5. The van der Waals surface area contributed by atoms with Crippen molar-refractivity contribution in [1.29, 1.82) is 0 Å². The Kier molecular flexibility index (Phi) is 2.33. The Morgan fingerprint density at radius 3 is 2.75 bits per heavy atom. The van der Waals surface area contributed by atoms with Crippen molar-refractivity contribution in [3.8, 4) is 11.3 Å². The van der Waals surface area contributed by atoms with Crippen LogP contribution < -0.4 is 0 Å². The van der Waals surface area contributed by atoms with Gasteiger partial charge in [-0.15, -0.1) is 0 Å². The number of para-hydroxylation sites is 1. The lowest BCUT2D eigenvalue weighted by atomic mass is 10.1. The summed E-state index contributed by atoms with van der Waals surface area (Å²) in [5, 5.41) is 1.03. The quantitative estimate of drug-likeness (QED) is 0.510. The van der Waals surface area contributed by atoms with Crippen LogP contribution in [-0.4, -0.2) is 9.97 Å². The molecule has 0 spiro atoms. The number of hydrogen-bond acceptors (Lipinski definition) is 3. The van der Waals surface area contributed by atoms with Gasteiger partial charge in [0.25, 0.3) is 0 Å². The maximum atomic E-state index is 5.95. The largest absolute Gasteiger partial charge is 0.452 e. The van der Waals surface area contributed by atoms with Crippen LogP contribution in [0.3, 0.4) is 0 Å². The highest BCUT2D eigenvalue weighted by molar-refractivity contribution is 6.06. The number of fused-ring (bicyclic) bond motifs is 3. The molecule has 0 atom stereocenters. The van der Waals surface area contributed by atoms with Gasteiger partial charge in [-0.05, 0) is 25.1 Å². The van der Waals surface area contributed by atoms with Crippen molar-refractivity contribution in [3.05, 3.63) is 60.4 Å². The van der Waals surface area contributed by atoms with Gasteiger partial charge in [0, 0.05) is 10.9 Å². The lowest BCUT2D eigenvalue weighted by Crippen LogP contribution is -1.87. The van der Waals surface area contributed by atoms with E-state index >= 15 is 0 Å². The van der Waals surface area contributed by atoms with E-state index in [1.807, 2.05) is 36.4 Å². The van der Waals surface area contributed by atoms with Crippen LogP contribution in [-0.2, 0) is 0 Å². The van der Waals surface area contributed by atoms with Crippen LogP contribution in [0.4, 0.5) is 0 Å². The first kappa shape index (κ1) is 11.2. The number of hydrogen-bond donors (Lipinski definition) is 0. The Hall–Kier alpha value is -2.68. The molecule has 96 valence electrons. The van der Waals surface area contributed by atoms with Gasteiger partial charge in [-0.1, -0.05) is 35.9 Å². The van der Waals surface area contributed by atoms with Gasteiger partial charge in [0.2, 0.25) is 0 Å². The molecule has 0 saturated carbocycles. The maximum absolute atomic E-state index is 5.95. The monoisotopic (exact) mass is 260 g/mol. The molecule has 0 amide bonds. The smallest absolute Gasteiger partial charge is 0.180 e. The van der Waals surface area contributed by atoms with Gasteiger partial charge in [-0.25, -0.2) is 9.97 Å². The van der Waals surface area contributed by atoms with E-state index in [-0.39, 0.29) is 0 Å². The molecule has 2 aromatic carbocycles. The van der Waals surface area contributed by atoms with Gasteiger partial charge in [0.1, 0.15) is 23.1 Å². The number of aromatic nitrogens is 2. The first-order valence-electron chi connectivity index (χ1n) is 6.52. The molecule has 20 heavy (non-hydrogen) atoms. The summed E-state index contributed by atoms with van der Waals surface area (Å²) in [5.74, 6) is 0. The second-order valence-electron chi connectivity index (χ2n) is 4.87. The second-order valence-corrected chi connectivity index (χ2v) is 4.87. The fourth-order valence-electron chi connectivity index (χ4n) is 2.52. The van der Waals surface area contributed by atoms with Gasteiger partial charge in [0.05, 0.1) is 0 Å². The van der Waals surface area contributed by atoms with Crippen molar-refractivity contribution in [2.75, 3.05) is 0 Å². The first-order valence-corrected chi connectivity index (χ1v) is 6.52. The molecule has 0 unspecified atom stereocenters. The topological polar surface area (TPSA) is 38.9 Å². The summed E-state index contributed by atoms with van der Waals surface area (Å²) >= 11 is 0. The van der Waals surface area contributed by atoms with Crippen LogP contribution in [0.2, 0.25) is 0 Å². The van der Waals surface area contributed by atoms with Crippen molar-refractivity contribution in [3.63, 3.8) is 0 Å². The van der Waals surface area contributed by atoms with E-state index in [1.54, 1.807) is 6.33 Å². The summed E-state index contributed by atoms with van der Waals surface area (Å²) < 4.78 is 5.95. The van der Waals surface area contributed by atoms with Crippen LogP contribution >= 0.6 is 0 Å². The lowest BCUT2D eigenvalue weighted by molar-refractivity contribution is 0.667. The van der Waals surface area contributed by atoms with E-state index in [4.69, 9.17) is 4.42 Å². The summed E-state index contributed by atoms with van der Waals surface area (Å²) in [6, 6.07) is 16.2. The van der Waals surface area contributed by atoms with Gasteiger partial charge in [-0.3, -0.25) is 0 Å². The Morgan fingerprint density at radius 2 is 1.85 bits per heavy atom. The second kappa shape index (κ2) is 4.17. The fourth-order valence-corrected chi connectivity index (χ4v) is 2.52. The third-order valence-corrected chi connectivity index (χ3v) is 3.45. The molecular formula is C17H12N2O. The highest BCUT2D eigenvalue weighted by Crippen LogP contribution is 2.32. The molecule has 0 aliphatic heterocycles. The van der Waals surface area contributed by atoms with Crippen molar-refractivity contribution >= 4 is 22.1 Å². The molecule has 0 radical (unpaired) electrons. The number of benzene rings is 2. The van der Waals surface area contributed by atoms with Crippen molar-refractivity contribution in [2.45, 2.75) is 6.92 Å². The van der Waals surface area contributed by atoms with Crippen LogP contribution in [0.5, 0.6) is 0 Å². The molecule has 2 heterocycles. The predicted molar refractivity (Wildman–Crippen MR) is 79.5 cm³/mol. The summed E-state index contributed by atoms with van der Waals surface area (Å²) in [5.41, 5.74) is 5.56. The third kappa shape index (κ3) is 1.60. The van der Waals surface area contributed by atoms with E-state index in [1.165, 1.54) is 5.56 Å². The summed E-state index contributed by atoms with van der Waals surface area (Å²) in [6.45, 7) is 2.07. The van der Waals surface area contributed by atoms with Crippen LogP contribution in [0.1, 0.15) is 5.56 Å². The number of nitrogens with zero attached hydrogens (tertiary/aromatic N) is 2. The minimum atomic E-state index is 0.749. The molecule has 4 aromatic rings. The Morgan fingerprint density at radius 1 is 0.950 bits per heavy atom. The van der Waals surface area contributed by atoms with E-state index < -0.39 is 0 Å². The highest BCUT2D eigenvalue weighted by Gasteiger charge is 2.13. The molecule has 3 nitrogen and oxygen atoms in total. The molecule has 0 saturated heterocycles. The molecule has 4 rings (SSSR count). The summed E-state index contributed by atoms with van der Waals surface area (Å²) in [7, 11) is 0. The standard InChI is InChI=1S/C17H12N2O/c1-11-5-4-6-12(9-11)15-17-16(19-10-18-15)13-7-2-3-8-14(13)20-17/h2-10H,1H3. The third-order valence-electron chi connectivity index (χ3n) is 3.45. The molecule has 0 aliphatic rings. The zero-order valence-corrected chi connectivity index (χ0v) is 11.0. The SMILES string of the molecule is Cc1cccc(-c2ncnc3c2oc2ccccc23)c1. The minimum Gasteiger partial charge on any atom is -0.452 e. The summed E-state index contributed by atoms with van der Waals surface area (Å²) in [6.07, 6.45) is 1.60. The lowest BCUT2D eigenvalue weighted by Gasteiger charge is -2.02. The van der Waals surface area contributed by atoms with E-state index in [0.717, 1.165) is 33.3 Å². The van der Waals surface area contributed by atoms with E-state index in [9.17, 15) is 0 Å². The molecule has 0 bridgehead atoms. The molecular weight excluding hydrogens is 248 g/mol. The van der Waals surface area contributed by atoms with Gasteiger partial charge >= 0.3 is 0 Å². The average Bonchev–Trinajstić information content (AvgIpc) is 2.86. The van der Waals surface area contributed by atoms with Gasteiger partial charge in [0.15, 0.2) is 5.58 Å². The highest BCUT2D eigenvalue weighted by atomic mass is 16.3. The maximum Gasteiger partial charge on any atom is 0.180 e. The molecule has 2 aromatic heterocycles. The van der Waals surface area contributed by atoms with Crippen molar-refractivity contribution < 1.29 is 4.42 Å². The Balaban J connectivity index is 2.10. The average molecular weight is 260 g/mol. The van der Waals surface area contributed by atoms with Gasteiger partial charge < -0.3 is 4.42 Å². The zero-order valence-electron chi connectivity index (χ0n) is 11.0. The first-order chi connectivity index (χ1) is 9.83. The van der Waals surface area contributed by atoms with E-state index in [2.05, 4.69) is 29.0 Å². The number of aryl methyl sites for hydroxylation is 1. The molecule has 0 fully saturated rings. The molecule has 0 aliphatic carbocycles. The van der Waals surface area contributed by atoms with Gasteiger partial charge in [-0.2, -0.15) is 0 Å². The van der Waals surface area contributed by atoms with Crippen LogP contribution in [0.15, 0.2) is 59.3 Å².